The zero-order valence-corrected chi connectivity index (χ0v) is 12.8. The van der Waals surface area contributed by atoms with Gasteiger partial charge in [0.25, 0.3) is 0 Å². The Morgan fingerprint density at radius 2 is 2.19 bits per heavy atom. The maximum Gasteiger partial charge on any atom is 0.162 e. The number of hydrogen-bond donors (Lipinski definition) is 2. The summed E-state index contributed by atoms with van der Waals surface area (Å²) in [5.41, 5.74) is 4.45. The average molecular weight is 321 g/mol. The first-order valence-corrected chi connectivity index (χ1v) is 7.55. The summed E-state index contributed by atoms with van der Waals surface area (Å²) in [6.45, 7) is 0.451. The summed E-state index contributed by atoms with van der Waals surface area (Å²) < 4.78 is 6.22. The zero-order chi connectivity index (χ0) is 14.8. The summed E-state index contributed by atoms with van der Waals surface area (Å²) in [5, 5.41) is 13.9. The number of thiazole rings is 1. The van der Waals surface area contributed by atoms with E-state index in [0.717, 1.165) is 15.9 Å². The third-order valence-corrected chi connectivity index (χ3v) is 4.16. The molecule has 21 heavy (non-hydrogen) atoms. The van der Waals surface area contributed by atoms with Gasteiger partial charge >= 0.3 is 0 Å². The molecule has 0 aliphatic heterocycles. The molecule has 0 saturated carbocycles. The first-order chi connectivity index (χ1) is 10.2. The maximum absolute atomic E-state index is 10.1. The molecule has 1 heterocycles. The van der Waals surface area contributed by atoms with Gasteiger partial charge in [0.2, 0.25) is 0 Å². The molecule has 0 radical (unpaired) electrons. The van der Waals surface area contributed by atoms with Gasteiger partial charge in [-0.25, -0.2) is 4.98 Å². The number of anilines is 1. The molecule has 2 N–H and O–H groups in total. The average Bonchev–Trinajstić information content (AvgIpc) is 2.95. The number of fused-ring (bicyclic) bond motifs is 1. The first kappa shape index (κ1) is 14.0. The van der Waals surface area contributed by atoms with Crippen molar-refractivity contribution in [3.8, 4) is 11.5 Å². The summed E-state index contributed by atoms with van der Waals surface area (Å²) in [6, 6.07) is 9.26. The number of nitrogens with zero attached hydrogens (tertiary/aromatic N) is 1. The van der Waals surface area contributed by atoms with Gasteiger partial charge < -0.3 is 15.2 Å². The summed E-state index contributed by atoms with van der Waals surface area (Å²) >= 11 is 7.61. The highest BCUT2D eigenvalue weighted by Gasteiger charge is 2.10. The van der Waals surface area contributed by atoms with Crippen LogP contribution >= 0.6 is 22.9 Å². The molecule has 1 aromatic heterocycles. The Bertz CT molecular complexity index is 788. The molecule has 3 rings (SSSR count). The van der Waals surface area contributed by atoms with Gasteiger partial charge in [0.1, 0.15) is 0 Å². The minimum Gasteiger partial charge on any atom is -0.504 e. The smallest absolute Gasteiger partial charge is 0.162 e. The Labute approximate surface area is 131 Å². The Balaban J connectivity index is 1.82. The van der Waals surface area contributed by atoms with Crippen LogP contribution in [0.25, 0.3) is 10.2 Å². The van der Waals surface area contributed by atoms with Gasteiger partial charge in [-0.05, 0) is 24.3 Å². The van der Waals surface area contributed by atoms with Crippen LogP contribution in [0.4, 0.5) is 5.69 Å². The molecule has 0 atom stereocenters. The Hall–Kier alpha value is -1.98. The highest BCUT2D eigenvalue weighted by molar-refractivity contribution is 7.16. The van der Waals surface area contributed by atoms with Gasteiger partial charge in [0.15, 0.2) is 11.5 Å². The second-order valence-electron chi connectivity index (χ2n) is 4.50. The molecule has 0 aliphatic rings. The fraction of sp³-hybridized carbons (Fsp3) is 0.133. The summed E-state index contributed by atoms with van der Waals surface area (Å²) in [6.07, 6.45) is 0. The number of aromatic nitrogens is 1. The van der Waals surface area contributed by atoms with E-state index in [1.165, 1.54) is 7.11 Å². The largest absolute Gasteiger partial charge is 0.504 e. The molecule has 2 aromatic carbocycles. The number of aromatic hydroxyl groups is 1. The van der Waals surface area contributed by atoms with E-state index in [9.17, 15) is 5.11 Å². The van der Waals surface area contributed by atoms with Gasteiger partial charge in [0, 0.05) is 28.9 Å². The Morgan fingerprint density at radius 1 is 1.33 bits per heavy atom. The minimum atomic E-state index is 0.105. The van der Waals surface area contributed by atoms with Crippen LogP contribution in [0.15, 0.2) is 35.8 Å². The van der Waals surface area contributed by atoms with E-state index in [1.54, 1.807) is 23.5 Å². The molecule has 3 aromatic rings. The van der Waals surface area contributed by atoms with Crippen molar-refractivity contribution in [1.29, 1.82) is 0 Å². The molecule has 0 saturated heterocycles. The maximum atomic E-state index is 10.1. The van der Waals surface area contributed by atoms with E-state index in [-0.39, 0.29) is 5.75 Å². The third-order valence-electron chi connectivity index (χ3n) is 3.15. The van der Waals surface area contributed by atoms with Crippen LogP contribution in [0.1, 0.15) is 5.56 Å². The summed E-state index contributed by atoms with van der Waals surface area (Å²) in [4.78, 5) is 4.24. The van der Waals surface area contributed by atoms with Crippen molar-refractivity contribution in [2.75, 3.05) is 12.4 Å². The molecule has 0 spiro atoms. The molecule has 0 unspecified atom stereocenters. The Kier molecular flexibility index (Phi) is 3.86. The van der Waals surface area contributed by atoms with Crippen molar-refractivity contribution in [2.45, 2.75) is 6.54 Å². The predicted octanol–water partition coefficient (Wildman–Crippen LogP) is 4.28. The van der Waals surface area contributed by atoms with E-state index in [4.69, 9.17) is 16.3 Å². The fourth-order valence-corrected chi connectivity index (χ4v) is 3.03. The van der Waals surface area contributed by atoms with E-state index >= 15 is 0 Å². The van der Waals surface area contributed by atoms with Crippen molar-refractivity contribution in [3.05, 3.63) is 46.4 Å². The van der Waals surface area contributed by atoms with Crippen LogP contribution in [0.2, 0.25) is 5.02 Å². The molecular formula is C15H13ClN2O2S. The molecule has 0 fully saturated rings. The van der Waals surface area contributed by atoms with Gasteiger partial charge in [0.05, 0.1) is 22.8 Å². The van der Waals surface area contributed by atoms with Crippen LogP contribution in [-0.4, -0.2) is 17.2 Å². The van der Waals surface area contributed by atoms with Gasteiger partial charge in [-0.1, -0.05) is 11.6 Å². The molecule has 0 bridgehead atoms. The molecule has 0 amide bonds. The number of halogens is 1. The fourth-order valence-electron chi connectivity index (χ4n) is 2.08. The minimum absolute atomic E-state index is 0.105. The van der Waals surface area contributed by atoms with E-state index in [2.05, 4.69) is 10.3 Å². The highest BCUT2D eigenvalue weighted by Crippen LogP contribution is 2.34. The normalized spacial score (nSPS) is 10.8. The zero-order valence-electron chi connectivity index (χ0n) is 11.3. The van der Waals surface area contributed by atoms with Crippen molar-refractivity contribution >= 4 is 38.8 Å². The monoisotopic (exact) mass is 320 g/mol. The van der Waals surface area contributed by atoms with Crippen LogP contribution in [0.5, 0.6) is 11.5 Å². The first-order valence-electron chi connectivity index (χ1n) is 6.30. The lowest BCUT2D eigenvalue weighted by molar-refractivity contribution is 0.371. The van der Waals surface area contributed by atoms with Gasteiger partial charge in [-0.15, -0.1) is 11.3 Å². The number of rotatable bonds is 4. The van der Waals surface area contributed by atoms with E-state index in [1.807, 2.05) is 23.7 Å². The summed E-state index contributed by atoms with van der Waals surface area (Å²) in [5.74, 6) is 0.477. The second kappa shape index (κ2) is 5.79. The van der Waals surface area contributed by atoms with E-state index < -0.39 is 0 Å². The summed E-state index contributed by atoms with van der Waals surface area (Å²) in [7, 11) is 1.50. The van der Waals surface area contributed by atoms with Crippen molar-refractivity contribution in [3.63, 3.8) is 0 Å². The molecule has 0 aliphatic carbocycles. The number of nitrogens with one attached hydrogen (secondary N) is 1. The van der Waals surface area contributed by atoms with Crippen molar-refractivity contribution in [2.24, 2.45) is 0 Å². The highest BCUT2D eigenvalue weighted by atomic mass is 35.5. The molecule has 4 nitrogen and oxygen atoms in total. The van der Waals surface area contributed by atoms with Crippen molar-refractivity contribution in [1.82, 2.24) is 4.98 Å². The van der Waals surface area contributed by atoms with Crippen LogP contribution in [-0.2, 0) is 6.54 Å². The van der Waals surface area contributed by atoms with Crippen LogP contribution in [0, 0.1) is 0 Å². The number of benzene rings is 2. The lowest BCUT2D eigenvalue weighted by Gasteiger charge is -2.11. The standard InChI is InChI=1S/C15H13ClN2O2S/c1-20-13-5-10(16)4-9(15(13)19)7-17-11-2-3-12-14(6-11)21-8-18-12/h2-6,8,17,19H,7H2,1H3. The number of phenols is 1. The number of hydrogen-bond acceptors (Lipinski definition) is 5. The van der Waals surface area contributed by atoms with Crippen LogP contribution in [0.3, 0.4) is 0 Å². The quantitative estimate of drug-likeness (QED) is 0.753. The number of methoxy groups -OCH3 is 1. The van der Waals surface area contributed by atoms with Gasteiger partial charge in [-0.3, -0.25) is 0 Å². The SMILES string of the molecule is COc1cc(Cl)cc(CNc2ccc3ncsc3c2)c1O. The van der Waals surface area contributed by atoms with Crippen molar-refractivity contribution < 1.29 is 9.84 Å². The van der Waals surface area contributed by atoms with E-state index in [0.29, 0.717) is 22.9 Å². The third kappa shape index (κ3) is 2.89. The molecular weight excluding hydrogens is 308 g/mol. The second-order valence-corrected chi connectivity index (χ2v) is 5.83. The lowest BCUT2D eigenvalue weighted by atomic mass is 10.1. The predicted molar refractivity (Wildman–Crippen MR) is 86.6 cm³/mol. The Morgan fingerprint density at radius 3 is 3.00 bits per heavy atom. The topological polar surface area (TPSA) is 54.4 Å². The molecule has 6 heteroatoms. The molecule has 108 valence electrons. The number of phenolic OH excluding ortho intramolecular Hbond substituents is 1. The number of ether oxygens (including phenoxy) is 1. The van der Waals surface area contributed by atoms with Gasteiger partial charge in [-0.2, -0.15) is 0 Å². The lowest BCUT2D eigenvalue weighted by Crippen LogP contribution is -2.00. The van der Waals surface area contributed by atoms with Crippen LogP contribution < -0.4 is 10.1 Å².